The van der Waals surface area contributed by atoms with Crippen molar-refractivity contribution in [3.8, 4) is 17.0 Å². The van der Waals surface area contributed by atoms with Gasteiger partial charge in [0.1, 0.15) is 5.75 Å². The molecule has 0 saturated heterocycles. The fourth-order valence-corrected chi connectivity index (χ4v) is 2.48. The number of benzene rings is 2. The monoisotopic (exact) mass is 323 g/mol. The maximum Gasteiger partial charge on any atom is 0.152 e. The Kier molecular flexibility index (Phi) is 6.01. The van der Waals surface area contributed by atoms with Crippen LogP contribution >= 0.6 is 0 Å². The summed E-state index contributed by atoms with van der Waals surface area (Å²) < 4.78 is 0. The second-order valence-electron chi connectivity index (χ2n) is 5.36. The van der Waals surface area contributed by atoms with Gasteiger partial charge in [0.05, 0.1) is 5.69 Å². The van der Waals surface area contributed by atoms with Crippen LogP contribution in [0, 0.1) is 6.92 Å². The Balaban J connectivity index is 0.00000100. The van der Waals surface area contributed by atoms with Crippen molar-refractivity contribution in [1.29, 1.82) is 0 Å². The average molecular weight is 323 g/mol. The molecular formula is C20H25N3O. The Bertz CT molecular complexity index is 793. The van der Waals surface area contributed by atoms with Gasteiger partial charge in [-0.1, -0.05) is 44.5 Å². The Morgan fingerprint density at radius 1 is 1.08 bits per heavy atom. The SMILES string of the molecule is CC.CCc1cc(O)ccc1Nc1cc(-c2cccc(C)c2)[nH]n1. The van der Waals surface area contributed by atoms with Crippen molar-refractivity contribution in [3.63, 3.8) is 0 Å². The first-order valence-corrected chi connectivity index (χ1v) is 8.37. The first kappa shape index (κ1) is 17.6. The number of nitrogens with one attached hydrogen (secondary N) is 2. The highest BCUT2D eigenvalue weighted by atomic mass is 16.3. The molecule has 0 aliphatic carbocycles. The van der Waals surface area contributed by atoms with Crippen LogP contribution < -0.4 is 5.32 Å². The van der Waals surface area contributed by atoms with Crippen molar-refractivity contribution >= 4 is 11.5 Å². The second-order valence-corrected chi connectivity index (χ2v) is 5.36. The third-order valence-electron chi connectivity index (χ3n) is 3.64. The number of phenolic OH excluding ortho intramolecular Hbond substituents is 1. The number of H-pyrrole nitrogens is 1. The topological polar surface area (TPSA) is 60.9 Å². The van der Waals surface area contributed by atoms with Crippen molar-refractivity contribution < 1.29 is 5.11 Å². The number of aromatic amines is 1. The minimum absolute atomic E-state index is 0.282. The van der Waals surface area contributed by atoms with E-state index in [-0.39, 0.29) is 5.75 Å². The normalized spacial score (nSPS) is 10.0. The van der Waals surface area contributed by atoms with Gasteiger partial charge in [0.25, 0.3) is 0 Å². The minimum Gasteiger partial charge on any atom is -0.508 e. The highest BCUT2D eigenvalue weighted by Crippen LogP contribution is 2.26. The van der Waals surface area contributed by atoms with E-state index in [4.69, 9.17) is 0 Å². The van der Waals surface area contributed by atoms with E-state index in [1.165, 1.54) is 5.56 Å². The summed E-state index contributed by atoms with van der Waals surface area (Å²) in [6, 6.07) is 15.6. The minimum atomic E-state index is 0.282. The summed E-state index contributed by atoms with van der Waals surface area (Å²) in [5, 5.41) is 20.2. The van der Waals surface area contributed by atoms with Crippen LogP contribution in [-0.2, 0) is 6.42 Å². The Morgan fingerprint density at radius 3 is 2.58 bits per heavy atom. The third-order valence-corrected chi connectivity index (χ3v) is 3.64. The average Bonchev–Trinajstić information content (AvgIpc) is 3.07. The second kappa shape index (κ2) is 8.20. The summed E-state index contributed by atoms with van der Waals surface area (Å²) in [6.07, 6.45) is 0.839. The van der Waals surface area contributed by atoms with Crippen LogP contribution in [0.4, 0.5) is 11.5 Å². The number of phenols is 1. The van der Waals surface area contributed by atoms with Gasteiger partial charge in [0, 0.05) is 11.8 Å². The molecule has 126 valence electrons. The van der Waals surface area contributed by atoms with Crippen LogP contribution in [0.2, 0.25) is 0 Å². The van der Waals surface area contributed by atoms with Crippen molar-refractivity contribution in [2.75, 3.05) is 5.32 Å². The maximum atomic E-state index is 9.56. The number of aryl methyl sites for hydroxylation is 2. The summed E-state index contributed by atoms with van der Waals surface area (Å²) in [5.41, 5.74) is 5.32. The molecule has 3 aromatic rings. The number of aromatic hydroxyl groups is 1. The number of aromatic nitrogens is 2. The van der Waals surface area contributed by atoms with Gasteiger partial charge in [-0.05, 0) is 48.7 Å². The number of hydrogen-bond donors (Lipinski definition) is 3. The molecule has 0 fully saturated rings. The van der Waals surface area contributed by atoms with Crippen molar-refractivity contribution in [2.45, 2.75) is 34.1 Å². The molecule has 0 bridgehead atoms. The first-order chi connectivity index (χ1) is 11.7. The molecule has 0 saturated carbocycles. The molecule has 0 aliphatic heterocycles. The van der Waals surface area contributed by atoms with Gasteiger partial charge in [0.2, 0.25) is 0 Å². The molecule has 2 aromatic carbocycles. The summed E-state index contributed by atoms with van der Waals surface area (Å²) in [6.45, 7) is 8.13. The van der Waals surface area contributed by atoms with E-state index in [2.05, 4.69) is 47.6 Å². The van der Waals surface area contributed by atoms with E-state index < -0.39 is 0 Å². The van der Waals surface area contributed by atoms with Crippen LogP contribution in [0.5, 0.6) is 5.75 Å². The third kappa shape index (κ3) is 4.16. The molecule has 3 rings (SSSR count). The van der Waals surface area contributed by atoms with Crippen LogP contribution in [0.25, 0.3) is 11.3 Å². The zero-order chi connectivity index (χ0) is 17.5. The first-order valence-electron chi connectivity index (χ1n) is 8.37. The Labute approximate surface area is 143 Å². The number of rotatable bonds is 4. The zero-order valence-electron chi connectivity index (χ0n) is 14.7. The zero-order valence-corrected chi connectivity index (χ0v) is 14.7. The van der Waals surface area contributed by atoms with E-state index in [0.29, 0.717) is 0 Å². The van der Waals surface area contributed by atoms with Gasteiger partial charge in [0.15, 0.2) is 5.82 Å². The van der Waals surface area contributed by atoms with Crippen molar-refractivity contribution in [2.24, 2.45) is 0 Å². The molecule has 1 aromatic heterocycles. The van der Waals surface area contributed by atoms with Crippen molar-refractivity contribution in [3.05, 3.63) is 59.7 Å². The van der Waals surface area contributed by atoms with E-state index in [9.17, 15) is 5.11 Å². The maximum absolute atomic E-state index is 9.56. The molecule has 1 heterocycles. The van der Waals surface area contributed by atoms with E-state index in [1.54, 1.807) is 12.1 Å². The molecular weight excluding hydrogens is 298 g/mol. The fraction of sp³-hybridized carbons (Fsp3) is 0.250. The van der Waals surface area contributed by atoms with Gasteiger partial charge < -0.3 is 10.4 Å². The van der Waals surface area contributed by atoms with Crippen LogP contribution in [-0.4, -0.2) is 15.3 Å². The lowest BCUT2D eigenvalue weighted by molar-refractivity contribution is 0.474. The fourth-order valence-electron chi connectivity index (χ4n) is 2.48. The van der Waals surface area contributed by atoms with Crippen LogP contribution in [0.3, 0.4) is 0 Å². The molecule has 3 N–H and O–H groups in total. The summed E-state index contributed by atoms with van der Waals surface area (Å²) in [7, 11) is 0. The lowest BCUT2D eigenvalue weighted by atomic mass is 10.1. The van der Waals surface area contributed by atoms with E-state index in [0.717, 1.165) is 34.7 Å². The van der Waals surface area contributed by atoms with Crippen LogP contribution in [0.15, 0.2) is 48.5 Å². The Hall–Kier alpha value is -2.75. The van der Waals surface area contributed by atoms with Gasteiger partial charge in [-0.2, -0.15) is 5.10 Å². The molecule has 0 amide bonds. The molecule has 0 spiro atoms. The van der Waals surface area contributed by atoms with Gasteiger partial charge in [-0.15, -0.1) is 0 Å². The lowest BCUT2D eigenvalue weighted by Crippen LogP contribution is -1.95. The summed E-state index contributed by atoms with van der Waals surface area (Å²) in [5.74, 6) is 1.04. The predicted molar refractivity (Wildman–Crippen MR) is 101 cm³/mol. The van der Waals surface area contributed by atoms with Gasteiger partial charge in [-0.25, -0.2) is 0 Å². The molecule has 4 nitrogen and oxygen atoms in total. The number of hydrogen-bond acceptors (Lipinski definition) is 3. The molecule has 0 atom stereocenters. The largest absolute Gasteiger partial charge is 0.508 e. The molecule has 4 heteroatoms. The van der Waals surface area contributed by atoms with E-state index in [1.807, 2.05) is 32.0 Å². The summed E-state index contributed by atoms with van der Waals surface area (Å²) in [4.78, 5) is 0. The number of anilines is 2. The summed E-state index contributed by atoms with van der Waals surface area (Å²) >= 11 is 0. The number of nitrogens with zero attached hydrogens (tertiary/aromatic N) is 1. The van der Waals surface area contributed by atoms with Gasteiger partial charge in [-0.3, -0.25) is 5.10 Å². The van der Waals surface area contributed by atoms with Gasteiger partial charge >= 0.3 is 0 Å². The molecule has 24 heavy (non-hydrogen) atoms. The lowest BCUT2D eigenvalue weighted by Gasteiger charge is -2.08. The molecule has 0 radical (unpaired) electrons. The standard InChI is InChI=1S/C18H19N3O.C2H6/c1-3-13-10-15(22)7-8-16(13)19-18-11-17(20-21-18)14-6-4-5-12(2)9-14;1-2/h4-11,22H,3H2,1-2H3,(H2,19,20,21);1-2H3. The quantitative estimate of drug-likeness (QED) is 0.562. The molecule has 0 aliphatic rings. The molecule has 0 unspecified atom stereocenters. The highest BCUT2D eigenvalue weighted by Gasteiger charge is 2.07. The van der Waals surface area contributed by atoms with E-state index >= 15 is 0 Å². The smallest absolute Gasteiger partial charge is 0.152 e. The highest BCUT2D eigenvalue weighted by molar-refractivity contribution is 5.68. The predicted octanol–water partition coefficient (Wildman–Crippen LogP) is 5.42. The van der Waals surface area contributed by atoms with Crippen LogP contribution in [0.1, 0.15) is 31.9 Å². The Morgan fingerprint density at radius 2 is 1.88 bits per heavy atom. The van der Waals surface area contributed by atoms with Crippen molar-refractivity contribution in [1.82, 2.24) is 10.2 Å².